The average molecular weight is 428 g/mol. The van der Waals surface area contributed by atoms with Crippen LogP contribution in [0, 0.1) is 5.92 Å². The molecule has 0 spiro atoms. The molecule has 0 aromatic heterocycles. The number of hydrogen-bond donors (Lipinski definition) is 2. The van der Waals surface area contributed by atoms with E-state index in [2.05, 4.69) is 26.1 Å². The van der Waals surface area contributed by atoms with Gasteiger partial charge in [0, 0.05) is 25.3 Å². The third kappa shape index (κ3) is 14.8. The summed E-state index contributed by atoms with van der Waals surface area (Å²) in [6, 6.07) is 0. The van der Waals surface area contributed by atoms with Crippen molar-refractivity contribution < 1.29 is 19.2 Å². The van der Waals surface area contributed by atoms with Crippen LogP contribution in [0.4, 0.5) is 0 Å². The van der Waals surface area contributed by atoms with Gasteiger partial charge in [0.05, 0.1) is 32.6 Å². The number of nitrogens with zero attached hydrogens (tertiary/aromatic N) is 1. The summed E-state index contributed by atoms with van der Waals surface area (Å²) >= 11 is 0. The zero-order chi connectivity index (χ0) is 22.7. The van der Waals surface area contributed by atoms with E-state index in [0.29, 0.717) is 0 Å². The van der Waals surface area contributed by atoms with Gasteiger partial charge in [-0.25, -0.2) is 0 Å². The number of carbonyl (C=O) groups excluding carboxylic acids is 1. The molecule has 0 aliphatic carbocycles. The molecule has 0 bridgehead atoms. The third-order valence-corrected chi connectivity index (χ3v) is 6.66. The molecule has 0 aliphatic rings. The van der Waals surface area contributed by atoms with E-state index in [1.54, 1.807) is 0 Å². The summed E-state index contributed by atoms with van der Waals surface area (Å²) in [5.74, 6) is -0.429. The summed E-state index contributed by atoms with van der Waals surface area (Å²) in [7, 11) is 0. The standard InChI is InChI=1S/C25H50N2O3/c1-5-8-9-10-11-12-13-14-15-18-23(4)25(30)26-20-17-22-27(6-2,7-3)21-16-19-24(28)29/h23H,5-22H2,1-4H3,(H-,26,28,29,30)/p+1. The van der Waals surface area contributed by atoms with Gasteiger partial charge in [-0.1, -0.05) is 71.6 Å². The van der Waals surface area contributed by atoms with Crippen molar-refractivity contribution >= 4 is 11.9 Å². The van der Waals surface area contributed by atoms with Crippen molar-refractivity contribution in [2.45, 2.75) is 111 Å². The Morgan fingerprint density at radius 3 is 1.87 bits per heavy atom. The lowest BCUT2D eigenvalue weighted by molar-refractivity contribution is -0.925. The fourth-order valence-corrected chi connectivity index (χ4v) is 4.23. The van der Waals surface area contributed by atoms with Crippen LogP contribution in [-0.4, -0.2) is 54.2 Å². The number of nitrogens with one attached hydrogen (secondary N) is 1. The van der Waals surface area contributed by atoms with E-state index in [0.717, 1.165) is 62.9 Å². The van der Waals surface area contributed by atoms with E-state index in [-0.39, 0.29) is 18.2 Å². The largest absolute Gasteiger partial charge is 0.481 e. The molecule has 30 heavy (non-hydrogen) atoms. The number of carboxylic acids is 1. The smallest absolute Gasteiger partial charge is 0.303 e. The predicted octanol–water partition coefficient (Wildman–Crippen LogP) is 5.77. The van der Waals surface area contributed by atoms with Gasteiger partial charge in [-0.2, -0.15) is 0 Å². The Bertz CT molecular complexity index is 436. The summed E-state index contributed by atoms with van der Waals surface area (Å²) in [6.45, 7) is 13.3. The molecular weight excluding hydrogens is 376 g/mol. The van der Waals surface area contributed by atoms with Crippen LogP contribution in [0.1, 0.15) is 111 Å². The molecule has 0 heterocycles. The lowest BCUT2D eigenvalue weighted by Crippen LogP contribution is -2.50. The molecule has 2 N–H and O–H groups in total. The first-order chi connectivity index (χ1) is 14.4. The van der Waals surface area contributed by atoms with E-state index in [9.17, 15) is 9.59 Å². The van der Waals surface area contributed by atoms with E-state index in [1.165, 1.54) is 51.4 Å². The minimum absolute atomic E-state index is 0.0988. The van der Waals surface area contributed by atoms with E-state index >= 15 is 0 Å². The fourth-order valence-electron chi connectivity index (χ4n) is 4.23. The van der Waals surface area contributed by atoms with Crippen LogP contribution in [0.3, 0.4) is 0 Å². The van der Waals surface area contributed by atoms with E-state index in [4.69, 9.17) is 5.11 Å². The lowest BCUT2D eigenvalue weighted by atomic mass is 10.0. The Labute approximate surface area is 186 Å². The third-order valence-electron chi connectivity index (χ3n) is 6.66. The highest BCUT2D eigenvalue weighted by Crippen LogP contribution is 2.14. The fraction of sp³-hybridized carbons (Fsp3) is 0.920. The second kappa shape index (κ2) is 18.7. The first-order valence-electron chi connectivity index (χ1n) is 12.7. The van der Waals surface area contributed by atoms with E-state index < -0.39 is 5.97 Å². The molecule has 1 unspecified atom stereocenters. The first-order valence-corrected chi connectivity index (χ1v) is 12.7. The summed E-state index contributed by atoms with van der Waals surface area (Å²) in [5.41, 5.74) is 0. The Kier molecular flexibility index (Phi) is 18.0. The van der Waals surface area contributed by atoms with Crippen molar-refractivity contribution in [3.8, 4) is 0 Å². The van der Waals surface area contributed by atoms with Gasteiger partial charge in [-0.15, -0.1) is 0 Å². The number of amides is 1. The van der Waals surface area contributed by atoms with Gasteiger partial charge in [0.15, 0.2) is 0 Å². The molecule has 0 aromatic carbocycles. The topological polar surface area (TPSA) is 66.4 Å². The van der Waals surface area contributed by atoms with Gasteiger partial charge in [0.25, 0.3) is 0 Å². The molecule has 178 valence electrons. The van der Waals surface area contributed by atoms with E-state index in [1.807, 2.05) is 6.92 Å². The zero-order valence-corrected chi connectivity index (χ0v) is 20.5. The van der Waals surface area contributed by atoms with Crippen LogP contribution in [0.15, 0.2) is 0 Å². The Morgan fingerprint density at radius 1 is 0.800 bits per heavy atom. The van der Waals surface area contributed by atoms with Crippen molar-refractivity contribution in [2.75, 3.05) is 32.7 Å². The highest BCUT2D eigenvalue weighted by molar-refractivity contribution is 5.78. The minimum Gasteiger partial charge on any atom is -0.481 e. The number of hydrogen-bond acceptors (Lipinski definition) is 2. The normalized spacial score (nSPS) is 12.7. The van der Waals surface area contributed by atoms with Crippen molar-refractivity contribution in [2.24, 2.45) is 5.92 Å². The summed E-state index contributed by atoms with van der Waals surface area (Å²) in [5, 5.41) is 12.0. The van der Waals surface area contributed by atoms with Crippen LogP contribution in [-0.2, 0) is 9.59 Å². The maximum Gasteiger partial charge on any atom is 0.303 e. The van der Waals surface area contributed by atoms with Gasteiger partial charge in [-0.05, 0) is 20.3 Å². The number of aliphatic carboxylic acids is 1. The van der Waals surface area contributed by atoms with Gasteiger partial charge < -0.3 is 14.9 Å². The maximum absolute atomic E-state index is 12.3. The molecule has 0 saturated heterocycles. The highest BCUT2D eigenvalue weighted by Gasteiger charge is 2.23. The number of rotatable bonds is 21. The van der Waals surface area contributed by atoms with Gasteiger partial charge in [0.1, 0.15) is 0 Å². The molecule has 0 aromatic rings. The Morgan fingerprint density at radius 2 is 1.33 bits per heavy atom. The van der Waals surface area contributed by atoms with Gasteiger partial charge >= 0.3 is 5.97 Å². The molecular formula is C25H51N2O3+. The lowest BCUT2D eigenvalue weighted by Gasteiger charge is -2.37. The summed E-state index contributed by atoms with van der Waals surface area (Å²) < 4.78 is 0.942. The van der Waals surface area contributed by atoms with Crippen LogP contribution < -0.4 is 5.32 Å². The van der Waals surface area contributed by atoms with Gasteiger partial charge in [-0.3, -0.25) is 9.59 Å². The summed E-state index contributed by atoms with van der Waals surface area (Å²) in [6.07, 6.45) is 14.7. The number of quaternary nitrogens is 1. The molecule has 0 aliphatic heterocycles. The van der Waals surface area contributed by atoms with Crippen LogP contribution in [0.2, 0.25) is 0 Å². The summed E-state index contributed by atoms with van der Waals surface area (Å²) in [4.78, 5) is 23.1. The van der Waals surface area contributed by atoms with Crippen LogP contribution in [0.25, 0.3) is 0 Å². The number of unbranched alkanes of at least 4 members (excludes halogenated alkanes) is 8. The molecule has 1 atom stereocenters. The molecule has 1 amide bonds. The van der Waals surface area contributed by atoms with Crippen LogP contribution in [0.5, 0.6) is 0 Å². The minimum atomic E-state index is -0.714. The SMILES string of the molecule is CCCCCCCCCCCC(C)C(=O)NCCC[N+](CC)(CC)CCCC(=O)O. The second-order valence-corrected chi connectivity index (χ2v) is 9.08. The van der Waals surface area contributed by atoms with Crippen molar-refractivity contribution in [1.29, 1.82) is 0 Å². The molecule has 0 saturated carbocycles. The Hall–Kier alpha value is -1.10. The Balaban J connectivity index is 3.87. The quantitative estimate of drug-likeness (QED) is 0.180. The number of carbonyl (C=O) groups is 2. The molecule has 0 radical (unpaired) electrons. The highest BCUT2D eigenvalue weighted by atomic mass is 16.4. The molecule has 5 nitrogen and oxygen atoms in total. The first kappa shape index (κ1) is 28.9. The zero-order valence-electron chi connectivity index (χ0n) is 20.5. The molecule has 0 fully saturated rings. The predicted molar refractivity (Wildman–Crippen MR) is 127 cm³/mol. The molecule has 5 heteroatoms. The molecule has 0 rings (SSSR count). The second-order valence-electron chi connectivity index (χ2n) is 9.08. The maximum atomic E-state index is 12.3. The van der Waals surface area contributed by atoms with Crippen LogP contribution >= 0.6 is 0 Å². The monoisotopic (exact) mass is 427 g/mol. The van der Waals surface area contributed by atoms with Crippen molar-refractivity contribution in [3.05, 3.63) is 0 Å². The van der Waals surface area contributed by atoms with Crippen molar-refractivity contribution in [3.63, 3.8) is 0 Å². The number of carboxylic acid groups (broad SMARTS) is 1. The van der Waals surface area contributed by atoms with Gasteiger partial charge in [0.2, 0.25) is 5.91 Å². The van der Waals surface area contributed by atoms with Crippen molar-refractivity contribution in [1.82, 2.24) is 5.32 Å². The average Bonchev–Trinajstić information content (AvgIpc) is 2.73.